The molecular weight excluding hydrogens is 683 g/mol. The summed E-state index contributed by atoms with van der Waals surface area (Å²) in [7, 11) is 0. The van der Waals surface area contributed by atoms with E-state index in [0.29, 0.717) is 17.6 Å². The van der Waals surface area contributed by atoms with Crippen LogP contribution in [0.2, 0.25) is 0 Å². The van der Waals surface area contributed by atoms with E-state index < -0.39 is 0 Å². The number of nitrogens with zero attached hydrogens (tertiary/aromatic N) is 5. The van der Waals surface area contributed by atoms with Gasteiger partial charge in [0.2, 0.25) is 5.95 Å². The van der Waals surface area contributed by atoms with Gasteiger partial charge in [0.05, 0.1) is 22.1 Å². The lowest BCUT2D eigenvalue weighted by atomic mass is 9.94. The van der Waals surface area contributed by atoms with Crippen molar-refractivity contribution < 1.29 is 0 Å². The Kier molecular flexibility index (Phi) is 7.42. The molecule has 0 saturated carbocycles. The van der Waals surface area contributed by atoms with Crippen LogP contribution in [-0.4, -0.2) is 24.1 Å². The Morgan fingerprint density at radius 1 is 0.304 bits per heavy atom. The smallest absolute Gasteiger partial charge is 0.238 e. The van der Waals surface area contributed by atoms with E-state index in [4.69, 9.17) is 15.0 Å². The predicted octanol–water partition coefficient (Wildman–Crippen LogP) is 12.7. The van der Waals surface area contributed by atoms with E-state index >= 15 is 0 Å². The van der Waals surface area contributed by atoms with Crippen LogP contribution in [0.3, 0.4) is 0 Å². The van der Waals surface area contributed by atoms with Crippen molar-refractivity contribution in [3.63, 3.8) is 0 Å². The standard InChI is InChI=1S/C51H33N5/c1-4-16-34(17-5-1)39-22-10-11-23-40(39)35-28-30-37(31-29-35)50-52-49(36-18-6-2-7-19-36)53-51(54-50)56-44-26-14-12-24-41(44)42-32-33-46-47(48(42)56)43-25-13-15-27-45(43)55(46)38-20-8-3-9-21-38/h1-33H. The van der Waals surface area contributed by atoms with Crippen molar-refractivity contribution in [1.82, 2.24) is 24.1 Å². The maximum absolute atomic E-state index is 5.33. The molecular formula is C51H33N5. The molecule has 0 aliphatic rings. The molecule has 0 amide bonds. The highest BCUT2D eigenvalue weighted by Crippen LogP contribution is 2.42. The van der Waals surface area contributed by atoms with Crippen LogP contribution < -0.4 is 0 Å². The summed E-state index contributed by atoms with van der Waals surface area (Å²) in [4.78, 5) is 15.7. The minimum absolute atomic E-state index is 0.572. The Labute approximate surface area is 323 Å². The molecule has 11 rings (SSSR count). The minimum atomic E-state index is 0.572. The molecule has 0 fully saturated rings. The van der Waals surface area contributed by atoms with Crippen molar-refractivity contribution in [1.29, 1.82) is 0 Å². The Morgan fingerprint density at radius 3 is 1.45 bits per heavy atom. The predicted molar refractivity (Wildman–Crippen MR) is 230 cm³/mol. The molecule has 5 nitrogen and oxygen atoms in total. The van der Waals surface area contributed by atoms with E-state index in [-0.39, 0.29) is 0 Å². The van der Waals surface area contributed by atoms with Gasteiger partial charge in [0.25, 0.3) is 0 Å². The van der Waals surface area contributed by atoms with E-state index in [9.17, 15) is 0 Å². The molecule has 8 aromatic carbocycles. The summed E-state index contributed by atoms with van der Waals surface area (Å²) in [5.74, 6) is 1.80. The summed E-state index contributed by atoms with van der Waals surface area (Å²) in [6, 6.07) is 70.2. The summed E-state index contributed by atoms with van der Waals surface area (Å²) >= 11 is 0. The van der Waals surface area contributed by atoms with Crippen LogP contribution in [0.15, 0.2) is 200 Å². The molecule has 262 valence electrons. The molecule has 0 radical (unpaired) electrons. The van der Waals surface area contributed by atoms with Crippen molar-refractivity contribution in [2.24, 2.45) is 0 Å². The summed E-state index contributed by atoms with van der Waals surface area (Å²) in [6.45, 7) is 0. The highest BCUT2D eigenvalue weighted by Gasteiger charge is 2.23. The minimum Gasteiger partial charge on any atom is -0.309 e. The second-order valence-electron chi connectivity index (χ2n) is 14.0. The lowest BCUT2D eigenvalue weighted by Gasteiger charge is -2.13. The van der Waals surface area contributed by atoms with E-state index in [1.165, 1.54) is 22.1 Å². The first kappa shape index (κ1) is 31.9. The number of rotatable bonds is 6. The molecule has 0 saturated heterocycles. The second kappa shape index (κ2) is 13.0. The zero-order chi connectivity index (χ0) is 37.0. The molecule has 0 N–H and O–H groups in total. The first-order valence-corrected chi connectivity index (χ1v) is 18.9. The Bertz CT molecular complexity index is 3220. The summed E-state index contributed by atoms with van der Waals surface area (Å²) in [5.41, 5.74) is 12.0. The fourth-order valence-electron chi connectivity index (χ4n) is 8.28. The van der Waals surface area contributed by atoms with Gasteiger partial charge < -0.3 is 4.57 Å². The van der Waals surface area contributed by atoms with Crippen molar-refractivity contribution in [2.45, 2.75) is 0 Å². The third-order valence-electron chi connectivity index (χ3n) is 10.8. The fourth-order valence-corrected chi connectivity index (χ4v) is 8.28. The van der Waals surface area contributed by atoms with Gasteiger partial charge in [-0.2, -0.15) is 9.97 Å². The Balaban J connectivity index is 1.16. The van der Waals surface area contributed by atoms with Crippen molar-refractivity contribution in [3.05, 3.63) is 200 Å². The molecule has 3 heterocycles. The first-order chi connectivity index (χ1) is 27.8. The number of fused-ring (bicyclic) bond motifs is 7. The largest absolute Gasteiger partial charge is 0.309 e. The first-order valence-electron chi connectivity index (χ1n) is 18.9. The van der Waals surface area contributed by atoms with Gasteiger partial charge in [-0.25, -0.2) is 4.98 Å². The Morgan fingerprint density at radius 2 is 0.786 bits per heavy atom. The summed E-state index contributed by atoms with van der Waals surface area (Å²) < 4.78 is 4.61. The molecule has 0 bridgehead atoms. The van der Waals surface area contributed by atoms with Crippen LogP contribution in [0.1, 0.15) is 0 Å². The SMILES string of the molecule is c1ccc(-c2nc(-c3ccc(-c4ccccc4-c4ccccc4)cc3)nc(-n3c4ccccc4c4ccc5c(c6ccccc6n5-c5ccccc5)c43)n2)cc1. The quantitative estimate of drug-likeness (QED) is 0.172. The second-order valence-corrected chi connectivity index (χ2v) is 14.0. The topological polar surface area (TPSA) is 48.5 Å². The summed E-state index contributed by atoms with van der Waals surface area (Å²) in [5, 5.41) is 4.62. The van der Waals surface area contributed by atoms with Crippen LogP contribution >= 0.6 is 0 Å². The summed E-state index contributed by atoms with van der Waals surface area (Å²) in [6.07, 6.45) is 0. The fraction of sp³-hybridized carbons (Fsp3) is 0. The molecule has 0 unspecified atom stereocenters. The van der Waals surface area contributed by atoms with E-state index in [1.54, 1.807) is 0 Å². The van der Waals surface area contributed by atoms with Crippen molar-refractivity contribution >= 4 is 43.6 Å². The maximum Gasteiger partial charge on any atom is 0.238 e. The normalized spacial score (nSPS) is 11.6. The molecule has 0 aliphatic carbocycles. The van der Waals surface area contributed by atoms with Crippen LogP contribution in [0.4, 0.5) is 0 Å². The van der Waals surface area contributed by atoms with Crippen LogP contribution in [0.25, 0.3) is 100 Å². The molecule has 0 atom stereocenters. The average Bonchev–Trinajstić information content (AvgIpc) is 3.80. The van der Waals surface area contributed by atoms with Gasteiger partial charge in [0, 0.05) is 38.4 Å². The van der Waals surface area contributed by atoms with E-state index in [0.717, 1.165) is 60.6 Å². The van der Waals surface area contributed by atoms with Crippen LogP contribution in [-0.2, 0) is 0 Å². The van der Waals surface area contributed by atoms with Crippen LogP contribution in [0, 0.1) is 0 Å². The maximum atomic E-state index is 5.33. The molecule has 56 heavy (non-hydrogen) atoms. The average molecular weight is 716 g/mol. The zero-order valence-electron chi connectivity index (χ0n) is 30.3. The number of aromatic nitrogens is 5. The van der Waals surface area contributed by atoms with E-state index in [1.807, 2.05) is 18.2 Å². The van der Waals surface area contributed by atoms with Gasteiger partial charge in [-0.3, -0.25) is 4.57 Å². The Hall–Kier alpha value is -7.63. The molecule has 5 heteroatoms. The van der Waals surface area contributed by atoms with Crippen LogP contribution in [0.5, 0.6) is 0 Å². The molecule has 11 aromatic rings. The third kappa shape index (κ3) is 5.13. The van der Waals surface area contributed by atoms with Gasteiger partial charge in [0.1, 0.15) is 0 Å². The highest BCUT2D eigenvalue weighted by molar-refractivity contribution is 6.26. The monoisotopic (exact) mass is 715 g/mol. The highest BCUT2D eigenvalue weighted by atomic mass is 15.2. The number of benzene rings is 8. The number of hydrogen-bond acceptors (Lipinski definition) is 3. The third-order valence-corrected chi connectivity index (χ3v) is 10.8. The van der Waals surface area contributed by atoms with Crippen molar-refractivity contribution in [3.8, 4) is 56.7 Å². The van der Waals surface area contributed by atoms with Gasteiger partial charge in [-0.15, -0.1) is 0 Å². The zero-order valence-corrected chi connectivity index (χ0v) is 30.3. The van der Waals surface area contributed by atoms with Gasteiger partial charge in [-0.1, -0.05) is 170 Å². The number of hydrogen-bond donors (Lipinski definition) is 0. The lowest BCUT2D eigenvalue weighted by molar-refractivity contribution is 0.955. The van der Waals surface area contributed by atoms with Gasteiger partial charge >= 0.3 is 0 Å². The number of para-hydroxylation sites is 3. The lowest BCUT2D eigenvalue weighted by Crippen LogP contribution is -2.06. The molecule has 3 aromatic heterocycles. The molecule has 0 spiro atoms. The van der Waals surface area contributed by atoms with Crippen molar-refractivity contribution in [2.75, 3.05) is 0 Å². The van der Waals surface area contributed by atoms with Gasteiger partial charge in [0.15, 0.2) is 11.6 Å². The van der Waals surface area contributed by atoms with Gasteiger partial charge in [-0.05, 0) is 52.6 Å². The molecule has 0 aliphatic heterocycles. The van der Waals surface area contributed by atoms with E-state index in [2.05, 4.69) is 191 Å².